The summed E-state index contributed by atoms with van der Waals surface area (Å²) in [6, 6.07) is 21.8. The lowest BCUT2D eigenvalue weighted by atomic mass is 9.90. The van der Waals surface area contributed by atoms with Crippen LogP contribution in [0.1, 0.15) is 29.2 Å². The Kier molecular flexibility index (Phi) is 6.74. The first-order valence-corrected chi connectivity index (χ1v) is 10.5. The molecule has 7 nitrogen and oxygen atoms in total. The molecule has 7 heteroatoms. The number of amides is 2. The summed E-state index contributed by atoms with van der Waals surface area (Å²) in [5, 5.41) is 9.52. The summed E-state index contributed by atoms with van der Waals surface area (Å²) in [5.74, 6) is -0.192. The van der Waals surface area contributed by atoms with Crippen molar-refractivity contribution in [3.8, 4) is 0 Å². The second-order valence-corrected chi connectivity index (χ2v) is 7.65. The molecule has 31 heavy (non-hydrogen) atoms. The van der Waals surface area contributed by atoms with Crippen molar-refractivity contribution in [2.24, 2.45) is 0 Å². The lowest BCUT2D eigenvalue weighted by molar-refractivity contribution is -0.134. The molecule has 1 atom stereocenters. The van der Waals surface area contributed by atoms with Crippen LogP contribution in [-0.4, -0.2) is 47.5 Å². The van der Waals surface area contributed by atoms with E-state index in [9.17, 15) is 9.59 Å². The Morgan fingerprint density at radius 1 is 1.10 bits per heavy atom. The molecule has 2 amide bonds. The topological polar surface area (TPSA) is 87.5 Å². The molecule has 1 aromatic heterocycles. The van der Waals surface area contributed by atoms with Crippen molar-refractivity contribution < 1.29 is 14.1 Å². The molecule has 0 radical (unpaired) electrons. The molecule has 1 saturated heterocycles. The van der Waals surface area contributed by atoms with E-state index in [-0.39, 0.29) is 30.7 Å². The third-order valence-corrected chi connectivity index (χ3v) is 5.60. The Morgan fingerprint density at radius 2 is 1.77 bits per heavy atom. The van der Waals surface area contributed by atoms with Gasteiger partial charge in [0.15, 0.2) is 0 Å². The number of rotatable bonds is 8. The first kappa shape index (κ1) is 20.8. The standard InChI is InChI=1S/C24H26N4O3/c29-23(26-16-20-11-14-31-27-20)15-22-24(30)25-12-13-28(22)17-21(18-7-3-1-4-8-18)19-9-5-2-6-10-19/h1-11,14,21-22H,12-13,15-17H2,(H,25,30)(H,26,29)/t22-/m0/s1. The number of aromatic nitrogens is 1. The van der Waals surface area contributed by atoms with E-state index in [0.717, 1.165) is 0 Å². The molecule has 1 aliphatic rings. The highest BCUT2D eigenvalue weighted by atomic mass is 16.5. The van der Waals surface area contributed by atoms with Crippen LogP contribution in [0.5, 0.6) is 0 Å². The van der Waals surface area contributed by atoms with Crippen LogP contribution < -0.4 is 10.6 Å². The molecule has 160 valence electrons. The normalized spacial score (nSPS) is 16.8. The fourth-order valence-electron chi connectivity index (χ4n) is 3.98. The van der Waals surface area contributed by atoms with Gasteiger partial charge in [0.25, 0.3) is 0 Å². The van der Waals surface area contributed by atoms with Crippen LogP contribution in [-0.2, 0) is 16.1 Å². The molecule has 2 N–H and O–H groups in total. The number of hydrogen-bond acceptors (Lipinski definition) is 5. The van der Waals surface area contributed by atoms with E-state index in [4.69, 9.17) is 4.52 Å². The zero-order valence-corrected chi connectivity index (χ0v) is 17.2. The number of nitrogens with one attached hydrogen (secondary N) is 2. The van der Waals surface area contributed by atoms with Crippen molar-refractivity contribution in [2.75, 3.05) is 19.6 Å². The molecular formula is C24H26N4O3. The molecule has 3 aromatic rings. The molecule has 0 saturated carbocycles. The maximum absolute atomic E-state index is 12.7. The minimum Gasteiger partial charge on any atom is -0.364 e. The molecule has 1 fully saturated rings. The summed E-state index contributed by atoms with van der Waals surface area (Å²) >= 11 is 0. The number of carbonyl (C=O) groups is 2. The van der Waals surface area contributed by atoms with Gasteiger partial charge in [-0.25, -0.2) is 0 Å². The molecule has 4 rings (SSSR count). The first-order chi connectivity index (χ1) is 15.2. The summed E-state index contributed by atoms with van der Waals surface area (Å²) < 4.78 is 4.79. The van der Waals surface area contributed by atoms with Gasteiger partial charge in [-0.3, -0.25) is 14.5 Å². The number of piperazine rings is 1. The fraction of sp³-hybridized carbons (Fsp3) is 0.292. The van der Waals surface area contributed by atoms with Crippen LogP contribution in [0.3, 0.4) is 0 Å². The van der Waals surface area contributed by atoms with Crippen molar-refractivity contribution in [3.63, 3.8) is 0 Å². The van der Waals surface area contributed by atoms with Gasteiger partial charge in [0.2, 0.25) is 11.8 Å². The zero-order chi connectivity index (χ0) is 21.5. The second kappa shape index (κ2) is 10.0. The largest absolute Gasteiger partial charge is 0.364 e. The predicted octanol–water partition coefficient (Wildman–Crippen LogP) is 2.31. The third kappa shape index (κ3) is 5.38. The Morgan fingerprint density at radius 3 is 2.39 bits per heavy atom. The Bertz CT molecular complexity index is 937. The average molecular weight is 418 g/mol. The van der Waals surface area contributed by atoms with E-state index < -0.39 is 6.04 Å². The molecule has 1 aliphatic heterocycles. The van der Waals surface area contributed by atoms with E-state index >= 15 is 0 Å². The smallest absolute Gasteiger partial charge is 0.237 e. The monoisotopic (exact) mass is 418 g/mol. The SMILES string of the molecule is O=C(C[C@H]1C(=O)NCCN1CC(c1ccccc1)c1ccccc1)NCc1ccon1. The summed E-state index contributed by atoms with van der Waals surface area (Å²) in [6.07, 6.45) is 1.56. The van der Waals surface area contributed by atoms with Gasteiger partial charge in [0.05, 0.1) is 19.0 Å². The third-order valence-electron chi connectivity index (χ3n) is 5.60. The lowest BCUT2D eigenvalue weighted by Crippen LogP contribution is -2.57. The van der Waals surface area contributed by atoms with Crippen LogP contribution in [0.4, 0.5) is 0 Å². The minimum absolute atomic E-state index is 0.0972. The van der Waals surface area contributed by atoms with Crippen molar-refractivity contribution >= 4 is 11.8 Å². The quantitative estimate of drug-likeness (QED) is 0.586. The maximum atomic E-state index is 12.7. The molecule has 0 unspecified atom stereocenters. The molecule has 2 heterocycles. The van der Waals surface area contributed by atoms with Crippen molar-refractivity contribution in [2.45, 2.75) is 24.9 Å². The van der Waals surface area contributed by atoms with Gasteiger partial charge >= 0.3 is 0 Å². The number of benzene rings is 2. The molecule has 2 aromatic carbocycles. The van der Waals surface area contributed by atoms with Crippen LogP contribution in [0.25, 0.3) is 0 Å². The highest BCUT2D eigenvalue weighted by molar-refractivity contribution is 5.88. The molecule has 0 aliphatic carbocycles. The zero-order valence-electron chi connectivity index (χ0n) is 17.2. The molecule has 0 spiro atoms. The van der Waals surface area contributed by atoms with E-state index in [1.807, 2.05) is 36.4 Å². The van der Waals surface area contributed by atoms with Gasteiger partial charge < -0.3 is 15.2 Å². The van der Waals surface area contributed by atoms with Crippen molar-refractivity contribution in [1.82, 2.24) is 20.7 Å². The van der Waals surface area contributed by atoms with Crippen LogP contribution in [0.15, 0.2) is 77.5 Å². The highest BCUT2D eigenvalue weighted by Crippen LogP contribution is 2.27. The van der Waals surface area contributed by atoms with Gasteiger partial charge in [0, 0.05) is 31.6 Å². The number of hydrogen-bond donors (Lipinski definition) is 2. The van der Waals surface area contributed by atoms with Crippen LogP contribution in [0, 0.1) is 0 Å². The van der Waals surface area contributed by atoms with Gasteiger partial charge in [-0.2, -0.15) is 0 Å². The highest BCUT2D eigenvalue weighted by Gasteiger charge is 2.33. The fourth-order valence-corrected chi connectivity index (χ4v) is 3.98. The van der Waals surface area contributed by atoms with E-state index in [0.29, 0.717) is 25.3 Å². The van der Waals surface area contributed by atoms with E-state index in [1.54, 1.807) is 6.07 Å². The molecular weight excluding hydrogens is 392 g/mol. The van der Waals surface area contributed by atoms with Crippen molar-refractivity contribution in [1.29, 1.82) is 0 Å². The van der Waals surface area contributed by atoms with Gasteiger partial charge in [-0.15, -0.1) is 0 Å². The van der Waals surface area contributed by atoms with Crippen LogP contribution in [0.2, 0.25) is 0 Å². The Labute approximate surface area is 181 Å². The van der Waals surface area contributed by atoms with E-state index in [2.05, 4.69) is 45.0 Å². The second-order valence-electron chi connectivity index (χ2n) is 7.65. The summed E-state index contributed by atoms with van der Waals surface area (Å²) in [5.41, 5.74) is 3.02. The minimum atomic E-state index is -0.513. The Hall–Kier alpha value is -3.45. The summed E-state index contributed by atoms with van der Waals surface area (Å²) in [6.45, 7) is 2.21. The maximum Gasteiger partial charge on any atom is 0.237 e. The summed E-state index contributed by atoms with van der Waals surface area (Å²) in [7, 11) is 0. The predicted molar refractivity (Wildman–Crippen MR) is 116 cm³/mol. The van der Waals surface area contributed by atoms with Gasteiger partial charge in [0.1, 0.15) is 12.0 Å². The van der Waals surface area contributed by atoms with Crippen molar-refractivity contribution in [3.05, 3.63) is 89.8 Å². The first-order valence-electron chi connectivity index (χ1n) is 10.5. The average Bonchev–Trinajstić information content (AvgIpc) is 3.33. The summed E-state index contributed by atoms with van der Waals surface area (Å²) in [4.78, 5) is 27.3. The lowest BCUT2D eigenvalue weighted by Gasteiger charge is -2.37. The van der Waals surface area contributed by atoms with Gasteiger partial charge in [-0.05, 0) is 11.1 Å². The van der Waals surface area contributed by atoms with Gasteiger partial charge in [-0.1, -0.05) is 65.8 Å². The van der Waals surface area contributed by atoms with E-state index in [1.165, 1.54) is 17.4 Å². The van der Waals surface area contributed by atoms with Crippen LogP contribution >= 0.6 is 0 Å². The number of carbonyl (C=O) groups excluding carboxylic acids is 2. The number of nitrogens with zero attached hydrogens (tertiary/aromatic N) is 2. The molecule has 0 bridgehead atoms. The Balaban J connectivity index is 1.49.